The first-order valence-corrected chi connectivity index (χ1v) is 11.8. The molecule has 1 heterocycles. The van der Waals surface area contributed by atoms with Crippen molar-refractivity contribution in [3.8, 4) is 6.07 Å². The fourth-order valence-corrected chi connectivity index (χ4v) is 3.93. The van der Waals surface area contributed by atoms with Crippen molar-refractivity contribution in [1.82, 2.24) is 10.6 Å². The first-order valence-electron chi connectivity index (χ1n) is 11.8. The quantitative estimate of drug-likeness (QED) is 0.294. The topological polar surface area (TPSA) is 115 Å². The number of benzene rings is 2. The lowest BCUT2D eigenvalue weighted by Crippen LogP contribution is -2.53. The van der Waals surface area contributed by atoms with E-state index in [4.69, 9.17) is 14.3 Å². The van der Waals surface area contributed by atoms with Crippen molar-refractivity contribution in [2.75, 3.05) is 0 Å². The van der Waals surface area contributed by atoms with Gasteiger partial charge in [-0.25, -0.2) is 9.18 Å². The lowest BCUT2D eigenvalue weighted by molar-refractivity contribution is -0.192. The monoisotopic (exact) mass is 575 g/mol. The number of alkyl halides is 7. The van der Waals surface area contributed by atoms with Gasteiger partial charge in [0.1, 0.15) is 28.4 Å². The summed E-state index contributed by atoms with van der Waals surface area (Å²) in [6, 6.07) is 9.47. The number of para-hydroxylation sites is 1. The zero-order valence-electron chi connectivity index (χ0n) is 21.1. The highest BCUT2D eigenvalue weighted by molar-refractivity contribution is 6.04. The number of fused-ring (bicyclic) bond motifs is 3. The van der Waals surface area contributed by atoms with Gasteiger partial charge in [0.2, 0.25) is 5.91 Å². The second-order valence-corrected chi connectivity index (χ2v) is 9.96. The van der Waals surface area contributed by atoms with E-state index >= 15 is 0 Å². The van der Waals surface area contributed by atoms with E-state index in [1.807, 2.05) is 12.1 Å². The van der Waals surface area contributed by atoms with E-state index in [2.05, 4.69) is 10.6 Å². The van der Waals surface area contributed by atoms with Gasteiger partial charge in [-0.05, 0) is 44.4 Å². The number of carboxylic acids is 1. The van der Waals surface area contributed by atoms with E-state index in [1.54, 1.807) is 24.3 Å². The van der Waals surface area contributed by atoms with Gasteiger partial charge < -0.3 is 14.8 Å². The summed E-state index contributed by atoms with van der Waals surface area (Å²) < 4.78 is 94.2. The maximum Gasteiger partial charge on any atom is 0.490 e. The Morgan fingerprint density at radius 2 is 1.60 bits per heavy atom. The van der Waals surface area contributed by atoms with Gasteiger partial charge in [0.25, 0.3) is 0 Å². The summed E-state index contributed by atoms with van der Waals surface area (Å²) in [6.07, 6.45) is -9.54. The molecule has 1 aliphatic carbocycles. The average molecular weight is 575 g/mol. The minimum atomic E-state index is -5.08. The highest BCUT2D eigenvalue weighted by atomic mass is 19.4. The lowest BCUT2D eigenvalue weighted by Gasteiger charge is -2.30. The van der Waals surface area contributed by atoms with Gasteiger partial charge in [-0.3, -0.25) is 10.1 Å². The van der Waals surface area contributed by atoms with Crippen LogP contribution < -0.4 is 10.6 Å². The molecule has 0 saturated heterocycles. The summed E-state index contributed by atoms with van der Waals surface area (Å²) in [6.45, 7) is 2.38. The average Bonchev–Trinajstić information content (AvgIpc) is 3.50. The molecule has 0 aliphatic heterocycles. The summed E-state index contributed by atoms with van der Waals surface area (Å²) in [4.78, 5) is 21.7. The Labute approximate surface area is 222 Å². The molecule has 4 rings (SSSR count). The first kappa shape index (κ1) is 30.7. The van der Waals surface area contributed by atoms with Crippen LogP contribution >= 0.6 is 0 Å². The molecule has 1 saturated carbocycles. The number of carbonyl (C=O) groups excluding carboxylic acids is 1. The fraction of sp³-hybridized carbons (Fsp3) is 0.423. The molecule has 216 valence electrons. The molecule has 1 fully saturated rings. The number of carbonyl (C=O) groups is 2. The number of nitriles is 1. The fourth-order valence-electron chi connectivity index (χ4n) is 3.93. The number of furan rings is 1. The molecule has 14 heteroatoms. The molecule has 40 heavy (non-hydrogen) atoms. The molecule has 0 spiro atoms. The van der Waals surface area contributed by atoms with Crippen molar-refractivity contribution in [2.45, 2.75) is 68.8 Å². The number of carboxylic acid groups (broad SMARTS) is 1. The summed E-state index contributed by atoms with van der Waals surface area (Å²) in [5.41, 5.74) is -2.35. The number of amides is 1. The number of nitrogens with one attached hydrogen (secondary N) is 2. The van der Waals surface area contributed by atoms with E-state index in [1.165, 1.54) is 26.0 Å². The predicted octanol–water partition coefficient (Wildman–Crippen LogP) is 6.09. The molecule has 1 aromatic heterocycles. The van der Waals surface area contributed by atoms with Crippen LogP contribution in [0.5, 0.6) is 0 Å². The minimum Gasteiger partial charge on any atom is -0.475 e. The molecular formula is C26H24F7N3O4. The molecule has 0 radical (unpaired) electrons. The van der Waals surface area contributed by atoms with Crippen LogP contribution in [0.1, 0.15) is 44.7 Å². The largest absolute Gasteiger partial charge is 0.490 e. The smallest absolute Gasteiger partial charge is 0.475 e. The molecule has 0 unspecified atom stereocenters. The van der Waals surface area contributed by atoms with Crippen LogP contribution in [0.25, 0.3) is 21.9 Å². The highest BCUT2D eigenvalue weighted by Crippen LogP contribution is 2.38. The Balaban J connectivity index is 0.000000559. The van der Waals surface area contributed by atoms with Crippen LogP contribution in [0, 0.1) is 11.3 Å². The second-order valence-electron chi connectivity index (χ2n) is 9.96. The van der Waals surface area contributed by atoms with E-state index in [0.29, 0.717) is 23.8 Å². The molecule has 2 aromatic carbocycles. The van der Waals surface area contributed by atoms with E-state index in [0.717, 1.165) is 5.39 Å². The predicted molar refractivity (Wildman–Crippen MR) is 129 cm³/mol. The maximum absolute atomic E-state index is 14.4. The molecule has 1 aliphatic rings. The maximum atomic E-state index is 14.4. The van der Waals surface area contributed by atoms with Crippen molar-refractivity contribution in [2.24, 2.45) is 0 Å². The third kappa shape index (κ3) is 7.62. The molecule has 2 atom stereocenters. The van der Waals surface area contributed by atoms with E-state index in [9.17, 15) is 40.8 Å². The van der Waals surface area contributed by atoms with Gasteiger partial charge in [0, 0.05) is 17.2 Å². The lowest BCUT2D eigenvalue weighted by atomic mass is 9.97. The van der Waals surface area contributed by atoms with E-state index < -0.39 is 53.9 Å². The first-order chi connectivity index (χ1) is 18.3. The molecule has 7 nitrogen and oxygen atoms in total. The third-order valence-electron chi connectivity index (χ3n) is 6.01. The standard InChI is InChI=1S/C24H23F4N3O2.C2HF3O2/c1-22(2,25)12-17(21(32)31-23(13-29)9-10-23)30-20(24(26,27)28)14-7-8-16-15-5-3-4-6-18(15)33-19(16)11-14;3-2(4,5)1(6)7/h3-8,11,17,20,30H,9-10,12H2,1-2H3,(H,31,32);(H,6,7)/t17-,20-;/m0./s1. The van der Waals surface area contributed by atoms with Crippen molar-refractivity contribution < 1.29 is 49.8 Å². The zero-order valence-corrected chi connectivity index (χ0v) is 21.1. The SMILES string of the molecule is CC(C)(F)C[C@H](N[C@@H](c1ccc2c(c1)oc1ccccc12)C(F)(F)F)C(=O)NC1(C#N)CC1.O=C(O)C(F)(F)F. The van der Waals surface area contributed by atoms with E-state index in [-0.39, 0.29) is 11.1 Å². The van der Waals surface area contributed by atoms with Gasteiger partial charge in [-0.2, -0.15) is 31.6 Å². The van der Waals surface area contributed by atoms with Gasteiger partial charge in [-0.15, -0.1) is 0 Å². The Kier molecular flexibility index (Phi) is 8.40. The number of halogens is 7. The van der Waals surface area contributed by atoms with Crippen LogP contribution in [0.4, 0.5) is 30.7 Å². The second kappa shape index (κ2) is 11.0. The zero-order chi connectivity index (χ0) is 30.1. The molecule has 3 aromatic rings. The number of nitrogens with zero attached hydrogens (tertiary/aromatic N) is 1. The van der Waals surface area contributed by atoms with Crippen LogP contribution in [0.15, 0.2) is 46.9 Å². The van der Waals surface area contributed by atoms with Crippen LogP contribution in [-0.4, -0.2) is 46.6 Å². The normalized spacial score (nSPS) is 16.4. The van der Waals surface area contributed by atoms with Gasteiger partial charge >= 0.3 is 18.3 Å². The van der Waals surface area contributed by atoms with Crippen LogP contribution in [-0.2, 0) is 9.59 Å². The van der Waals surface area contributed by atoms with Gasteiger partial charge in [0.05, 0.1) is 12.1 Å². The number of rotatable bonds is 7. The molecule has 3 N–H and O–H groups in total. The van der Waals surface area contributed by atoms with Crippen molar-refractivity contribution >= 4 is 33.8 Å². The third-order valence-corrected chi connectivity index (χ3v) is 6.01. The molecule has 1 amide bonds. The Morgan fingerprint density at radius 1 is 1.02 bits per heavy atom. The number of hydrogen-bond donors (Lipinski definition) is 3. The summed E-state index contributed by atoms with van der Waals surface area (Å²) in [5, 5.41) is 22.6. The number of hydrogen-bond acceptors (Lipinski definition) is 5. The Hall–Kier alpha value is -3.86. The van der Waals surface area contributed by atoms with Crippen LogP contribution in [0.3, 0.4) is 0 Å². The van der Waals surface area contributed by atoms with Gasteiger partial charge in [-0.1, -0.05) is 30.3 Å². The van der Waals surface area contributed by atoms with Crippen molar-refractivity contribution in [3.63, 3.8) is 0 Å². The van der Waals surface area contributed by atoms with Crippen LogP contribution in [0.2, 0.25) is 0 Å². The Bertz CT molecular complexity index is 1430. The summed E-state index contributed by atoms with van der Waals surface area (Å²) in [7, 11) is 0. The summed E-state index contributed by atoms with van der Waals surface area (Å²) in [5.74, 6) is -3.59. The van der Waals surface area contributed by atoms with Crippen molar-refractivity contribution in [3.05, 3.63) is 48.0 Å². The van der Waals surface area contributed by atoms with Crippen molar-refractivity contribution in [1.29, 1.82) is 5.26 Å². The molecule has 0 bridgehead atoms. The summed E-state index contributed by atoms with van der Waals surface area (Å²) >= 11 is 0. The highest BCUT2D eigenvalue weighted by Gasteiger charge is 2.48. The molecular weight excluding hydrogens is 551 g/mol. The number of aliphatic carboxylic acids is 1. The minimum absolute atomic E-state index is 0.162. The van der Waals surface area contributed by atoms with Gasteiger partial charge in [0.15, 0.2) is 0 Å². The Morgan fingerprint density at radius 3 is 2.10 bits per heavy atom.